The van der Waals surface area contributed by atoms with Crippen LogP contribution < -0.4 is 4.74 Å². The van der Waals surface area contributed by atoms with E-state index in [1.54, 1.807) is 19.2 Å². The molecular formula is C11H16O3S. The van der Waals surface area contributed by atoms with E-state index in [-0.39, 0.29) is 11.5 Å². The van der Waals surface area contributed by atoms with Gasteiger partial charge in [0, 0.05) is 5.56 Å². The Kier molecular flexibility index (Phi) is 4.15. The van der Waals surface area contributed by atoms with Gasteiger partial charge in [0.2, 0.25) is 0 Å². The third-order valence-corrected chi connectivity index (χ3v) is 3.86. The van der Waals surface area contributed by atoms with Crippen LogP contribution in [0.3, 0.4) is 0 Å². The standard InChI is InChI=1S/C11H16O3S/c1-3-8-15(12,13)9-10-6-4-5-7-11(10)14-2/h4-7H,3,8-9H2,1-2H3. The Balaban J connectivity index is 2.89. The van der Waals surface area contributed by atoms with Gasteiger partial charge in [-0.1, -0.05) is 25.1 Å². The first-order valence-corrected chi connectivity index (χ1v) is 6.73. The Hall–Kier alpha value is -1.03. The van der Waals surface area contributed by atoms with Crippen LogP contribution in [0.4, 0.5) is 0 Å². The molecule has 0 aromatic heterocycles. The minimum absolute atomic E-state index is 0.0604. The van der Waals surface area contributed by atoms with Crippen molar-refractivity contribution in [1.29, 1.82) is 0 Å². The van der Waals surface area contributed by atoms with Crippen molar-refractivity contribution in [3.05, 3.63) is 29.8 Å². The number of rotatable bonds is 5. The number of para-hydroxylation sites is 1. The van der Waals surface area contributed by atoms with Crippen molar-refractivity contribution in [2.24, 2.45) is 0 Å². The van der Waals surface area contributed by atoms with E-state index in [0.29, 0.717) is 12.2 Å². The van der Waals surface area contributed by atoms with Crippen LogP contribution in [0.1, 0.15) is 18.9 Å². The smallest absolute Gasteiger partial charge is 0.154 e. The summed E-state index contributed by atoms with van der Waals surface area (Å²) in [6, 6.07) is 7.21. The lowest BCUT2D eigenvalue weighted by molar-refractivity contribution is 0.411. The van der Waals surface area contributed by atoms with Crippen LogP contribution in [-0.2, 0) is 15.6 Å². The average Bonchev–Trinajstić information content (AvgIpc) is 2.17. The summed E-state index contributed by atoms with van der Waals surface area (Å²) < 4.78 is 28.3. The largest absolute Gasteiger partial charge is 0.496 e. The Morgan fingerprint density at radius 3 is 2.53 bits per heavy atom. The first-order valence-electron chi connectivity index (χ1n) is 4.91. The van der Waals surface area contributed by atoms with E-state index in [1.165, 1.54) is 0 Å². The lowest BCUT2D eigenvalue weighted by Crippen LogP contribution is -2.09. The molecular weight excluding hydrogens is 212 g/mol. The second-order valence-corrected chi connectivity index (χ2v) is 5.59. The molecule has 3 nitrogen and oxygen atoms in total. The summed E-state index contributed by atoms with van der Waals surface area (Å²) in [5.41, 5.74) is 0.730. The molecule has 0 aliphatic rings. The summed E-state index contributed by atoms with van der Waals surface area (Å²) in [6.45, 7) is 1.86. The van der Waals surface area contributed by atoms with Gasteiger partial charge in [-0.05, 0) is 12.5 Å². The number of methoxy groups -OCH3 is 1. The highest BCUT2D eigenvalue weighted by Gasteiger charge is 2.13. The molecule has 0 saturated carbocycles. The fraction of sp³-hybridized carbons (Fsp3) is 0.455. The van der Waals surface area contributed by atoms with Crippen molar-refractivity contribution < 1.29 is 13.2 Å². The van der Waals surface area contributed by atoms with Gasteiger partial charge < -0.3 is 4.74 Å². The SMILES string of the molecule is CCCS(=O)(=O)Cc1ccccc1OC. The molecule has 0 saturated heterocycles. The van der Waals surface area contributed by atoms with Gasteiger partial charge in [0.05, 0.1) is 18.6 Å². The maximum atomic E-state index is 11.6. The predicted octanol–water partition coefficient (Wildman–Crippen LogP) is 2.02. The molecule has 84 valence electrons. The van der Waals surface area contributed by atoms with Gasteiger partial charge in [-0.15, -0.1) is 0 Å². The molecule has 0 amide bonds. The second-order valence-electron chi connectivity index (χ2n) is 3.40. The molecule has 0 N–H and O–H groups in total. The van der Waals surface area contributed by atoms with Crippen molar-refractivity contribution in [3.63, 3.8) is 0 Å². The molecule has 0 fully saturated rings. The molecule has 15 heavy (non-hydrogen) atoms. The van der Waals surface area contributed by atoms with Crippen LogP contribution in [0.2, 0.25) is 0 Å². The van der Waals surface area contributed by atoms with Gasteiger partial charge in [-0.3, -0.25) is 0 Å². The highest BCUT2D eigenvalue weighted by Crippen LogP contribution is 2.20. The fourth-order valence-corrected chi connectivity index (χ4v) is 2.92. The maximum Gasteiger partial charge on any atom is 0.154 e. The summed E-state index contributed by atoms with van der Waals surface area (Å²) >= 11 is 0. The molecule has 0 unspecified atom stereocenters. The van der Waals surface area contributed by atoms with Gasteiger partial charge >= 0.3 is 0 Å². The molecule has 0 aliphatic heterocycles. The van der Waals surface area contributed by atoms with E-state index < -0.39 is 9.84 Å². The van der Waals surface area contributed by atoms with Crippen LogP contribution in [0.25, 0.3) is 0 Å². The number of ether oxygens (including phenoxy) is 1. The molecule has 1 aromatic carbocycles. The Morgan fingerprint density at radius 2 is 1.93 bits per heavy atom. The molecule has 0 bridgehead atoms. The molecule has 0 atom stereocenters. The second kappa shape index (κ2) is 5.16. The molecule has 0 aliphatic carbocycles. The third-order valence-electron chi connectivity index (χ3n) is 2.08. The van der Waals surface area contributed by atoms with Crippen molar-refractivity contribution in [2.75, 3.05) is 12.9 Å². The van der Waals surface area contributed by atoms with Gasteiger partial charge in [0.15, 0.2) is 9.84 Å². The van der Waals surface area contributed by atoms with Crippen molar-refractivity contribution in [2.45, 2.75) is 19.1 Å². The average molecular weight is 228 g/mol. The normalized spacial score (nSPS) is 11.3. The summed E-state index contributed by atoms with van der Waals surface area (Å²) in [6.07, 6.45) is 0.650. The van der Waals surface area contributed by atoms with Crippen LogP contribution >= 0.6 is 0 Å². The zero-order chi connectivity index (χ0) is 11.3. The van der Waals surface area contributed by atoms with E-state index >= 15 is 0 Å². The summed E-state index contributed by atoms with van der Waals surface area (Å²) in [4.78, 5) is 0. The lowest BCUT2D eigenvalue weighted by Gasteiger charge is -2.08. The van der Waals surface area contributed by atoms with E-state index in [1.807, 2.05) is 19.1 Å². The van der Waals surface area contributed by atoms with Crippen molar-refractivity contribution >= 4 is 9.84 Å². The van der Waals surface area contributed by atoms with E-state index in [2.05, 4.69) is 0 Å². The van der Waals surface area contributed by atoms with Crippen LogP contribution in [0, 0.1) is 0 Å². The number of hydrogen-bond donors (Lipinski definition) is 0. The van der Waals surface area contributed by atoms with Crippen molar-refractivity contribution in [3.8, 4) is 5.75 Å². The quantitative estimate of drug-likeness (QED) is 0.774. The summed E-state index contributed by atoms with van der Waals surface area (Å²) in [5.74, 6) is 0.924. The fourth-order valence-electron chi connectivity index (χ4n) is 1.44. The highest BCUT2D eigenvalue weighted by atomic mass is 32.2. The minimum atomic E-state index is -3.00. The van der Waals surface area contributed by atoms with E-state index in [9.17, 15) is 8.42 Å². The molecule has 0 heterocycles. The Morgan fingerprint density at radius 1 is 1.27 bits per heavy atom. The third kappa shape index (κ3) is 3.55. The lowest BCUT2D eigenvalue weighted by atomic mass is 10.2. The zero-order valence-electron chi connectivity index (χ0n) is 9.06. The highest BCUT2D eigenvalue weighted by molar-refractivity contribution is 7.90. The number of sulfone groups is 1. The topological polar surface area (TPSA) is 43.4 Å². The molecule has 0 spiro atoms. The van der Waals surface area contributed by atoms with Crippen LogP contribution in [0.5, 0.6) is 5.75 Å². The van der Waals surface area contributed by atoms with Crippen LogP contribution in [-0.4, -0.2) is 21.3 Å². The zero-order valence-corrected chi connectivity index (χ0v) is 9.88. The number of hydrogen-bond acceptors (Lipinski definition) is 3. The molecule has 1 rings (SSSR count). The van der Waals surface area contributed by atoms with Gasteiger partial charge in [-0.25, -0.2) is 8.42 Å². The Bertz CT molecular complexity index is 410. The Labute approximate surface area is 91.0 Å². The van der Waals surface area contributed by atoms with Crippen molar-refractivity contribution in [1.82, 2.24) is 0 Å². The summed E-state index contributed by atoms with van der Waals surface area (Å²) in [7, 11) is -1.45. The first-order chi connectivity index (χ1) is 7.09. The predicted molar refractivity (Wildman–Crippen MR) is 60.8 cm³/mol. The van der Waals surface area contributed by atoms with Gasteiger partial charge in [0.25, 0.3) is 0 Å². The maximum absolute atomic E-state index is 11.6. The molecule has 4 heteroatoms. The first kappa shape index (κ1) is 12.0. The van der Waals surface area contributed by atoms with Crippen LogP contribution in [0.15, 0.2) is 24.3 Å². The molecule has 0 radical (unpaired) electrons. The van der Waals surface area contributed by atoms with Gasteiger partial charge in [-0.2, -0.15) is 0 Å². The summed E-state index contributed by atoms with van der Waals surface area (Å²) in [5, 5.41) is 0. The minimum Gasteiger partial charge on any atom is -0.496 e. The van der Waals surface area contributed by atoms with Gasteiger partial charge in [0.1, 0.15) is 5.75 Å². The van der Waals surface area contributed by atoms with E-state index in [0.717, 1.165) is 5.56 Å². The number of benzene rings is 1. The monoisotopic (exact) mass is 228 g/mol. The van der Waals surface area contributed by atoms with E-state index in [4.69, 9.17) is 4.74 Å². The molecule has 1 aromatic rings.